The molecule has 112 valence electrons. The lowest BCUT2D eigenvalue weighted by Gasteiger charge is -2.39. The molecule has 0 radical (unpaired) electrons. The Balaban J connectivity index is 2.55. The number of morpholine rings is 1. The maximum absolute atomic E-state index is 12.2. The van der Waals surface area contributed by atoms with Gasteiger partial charge in [0.05, 0.1) is 18.2 Å². The van der Waals surface area contributed by atoms with E-state index < -0.39 is 0 Å². The van der Waals surface area contributed by atoms with Gasteiger partial charge in [-0.15, -0.1) is 0 Å². The summed E-state index contributed by atoms with van der Waals surface area (Å²) in [5, 5.41) is 3.11. The average Bonchev–Trinajstić information content (AvgIpc) is 2.42. The molecular formula is C14H29N3O2. The maximum Gasteiger partial charge on any atom is 0.237 e. The van der Waals surface area contributed by atoms with E-state index >= 15 is 0 Å². The van der Waals surface area contributed by atoms with Crippen molar-refractivity contribution in [3.8, 4) is 0 Å². The van der Waals surface area contributed by atoms with Crippen LogP contribution < -0.4 is 11.1 Å². The molecule has 0 aromatic carbocycles. The molecule has 19 heavy (non-hydrogen) atoms. The van der Waals surface area contributed by atoms with Crippen LogP contribution in [0, 0.1) is 0 Å². The molecule has 1 heterocycles. The summed E-state index contributed by atoms with van der Waals surface area (Å²) < 4.78 is 5.72. The molecule has 1 amide bonds. The van der Waals surface area contributed by atoms with Gasteiger partial charge < -0.3 is 15.8 Å². The lowest BCUT2D eigenvalue weighted by Crippen LogP contribution is -2.56. The van der Waals surface area contributed by atoms with Crippen molar-refractivity contribution >= 4 is 5.91 Å². The first-order valence-corrected chi connectivity index (χ1v) is 7.41. The number of nitrogens with zero attached hydrogens (tertiary/aromatic N) is 1. The number of hydrogen-bond donors (Lipinski definition) is 2. The van der Waals surface area contributed by atoms with Crippen LogP contribution in [0.3, 0.4) is 0 Å². The van der Waals surface area contributed by atoms with Crippen molar-refractivity contribution in [2.45, 2.75) is 64.8 Å². The molecule has 0 aliphatic carbocycles. The predicted octanol–water partition coefficient (Wildman–Crippen LogP) is 0.728. The molecule has 0 aromatic rings. The Morgan fingerprint density at radius 1 is 1.42 bits per heavy atom. The van der Waals surface area contributed by atoms with Crippen LogP contribution in [-0.2, 0) is 9.53 Å². The van der Waals surface area contributed by atoms with Gasteiger partial charge in [-0.1, -0.05) is 13.8 Å². The van der Waals surface area contributed by atoms with E-state index in [2.05, 4.69) is 24.1 Å². The number of rotatable bonds is 6. The van der Waals surface area contributed by atoms with Crippen LogP contribution in [0.25, 0.3) is 0 Å². The molecule has 5 nitrogen and oxygen atoms in total. The van der Waals surface area contributed by atoms with Gasteiger partial charge >= 0.3 is 0 Å². The van der Waals surface area contributed by atoms with Crippen LogP contribution in [0.1, 0.15) is 40.5 Å². The molecule has 5 heteroatoms. The predicted molar refractivity (Wildman–Crippen MR) is 76.9 cm³/mol. The van der Waals surface area contributed by atoms with E-state index in [9.17, 15) is 4.79 Å². The van der Waals surface area contributed by atoms with Crippen LogP contribution in [0.4, 0.5) is 0 Å². The third kappa shape index (κ3) is 4.75. The van der Waals surface area contributed by atoms with Gasteiger partial charge in [0.1, 0.15) is 0 Å². The summed E-state index contributed by atoms with van der Waals surface area (Å²) in [5.41, 5.74) is 5.68. The lowest BCUT2D eigenvalue weighted by atomic mass is 10.1. The Morgan fingerprint density at radius 2 is 2.05 bits per heavy atom. The normalized spacial score (nSPS) is 26.4. The number of nitrogens with two attached hydrogens (primary N) is 1. The van der Waals surface area contributed by atoms with E-state index in [0.717, 1.165) is 25.9 Å². The topological polar surface area (TPSA) is 67.6 Å². The second kappa shape index (κ2) is 7.82. The number of carbonyl (C=O) groups excluding carboxylic acids is 1. The molecule has 3 N–H and O–H groups in total. The number of carbonyl (C=O) groups is 1. The highest BCUT2D eigenvalue weighted by atomic mass is 16.5. The number of hydrogen-bond acceptors (Lipinski definition) is 4. The van der Waals surface area contributed by atoms with Gasteiger partial charge in [0.25, 0.3) is 0 Å². The summed E-state index contributed by atoms with van der Waals surface area (Å²) in [6.45, 7) is 10.2. The van der Waals surface area contributed by atoms with Crippen molar-refractivity contribution in [1.29, 1.82) is 0 Å². The summed E-state index contributed by atoms with van der Waals surface area (Å²) >= 11 is 0. The van der Waals surface area contributed by atoms with Crippen molar-refractivity contribution in [3.05, 3.63) is 0 Å². The lowest BCUT2D eigenvalue weighted by molar-refractivity contribution is -0.132. The largest absolute Gasteiger partial charge is 0.371 e. The van der Waals surface area contributed by atoms with Gasteiger partial charge in [-0.05, 0) is 26.7 Å². The van der Waals surface area contributed by atoms with Crippen LogP contribution >= 0.6 is 0 Å². The van der Waals surface area contributed by atoms with Crippen LogP contribution in [0.5, 0.6) is 0 Å². The van der Waals surface area contributed by atoms with E-state index in [1.807, 2.05) is 13.8 Å². The molecule has 1 fully saturated rings. The summed E-state index contributed by atoms with van der Waals surface area (Å²) in [5.74, 6) is 0.110. The first kappa shape index (κ1) is 16.4. The van der Waals surface area contributed by atoms with Gasteiger partial charge in [-0.3, -0.25) is 9.69 Å². The van der Waals surface area contributed by atoms with E-state index in [4.69, 9.17) is 10.5 Å². The van der Waals surface area contributed by atoms with Crippen molar-refractivity contribution in [1.82, 2.24) is 10.2 Å². The quantitative estimate of drug-likeness (QED) is 0.747. The molecule has 1 rings (SSSR count). The van der Waals surface area contributed by atoms with Crippen molar-refractivity contribution in [2.75, 3.05) is 19.6 Å². The van der Waals surface area contributed by atoms with E-state index in [-0.39, 0.29) is 30.2 Å². The Hall–Kier alpha value is -0.650. The zero-order valence-electron chi connectivity index (χ0n) is 12.7. The third-order valence-electron chi connectivity index (χ3n) is 3.88. The van der Waals surface area contributed by atoms with Crippen LogP contribution in [0.15, 0.2) is 0 Å². The Bertz CT molecular complexity index is 282. The summed E-state index contributed by atoms with van der Waals surface area (Å²) in [6, 6.07) is 0.153. The molecule has 1 aliphatic heterocycles. The molecule has 3 atom stereocenters. The van der Waals surface area contributed by atoms with Gasteiger partial charge in [0, 0.05) is 25.7 Å². The molecule has 0 spiro atoms. The molecule has 0 bridgehead atoms. The van der Waals surface area contributed by atoms with Crippen LogP contribution in [-0.4, -0.2) is 54.7 Å². The van der Waals surface area contributed by atoms with E-state index in [0.29, 0.717) is 6.54 Å². The standard InChI is InChI=1S/C14H29N3O2/c1-5-12(6-2)16-14(18)11(4)17-8-10(3)19-13(7-15)9-17/h10-13H,5-9,15H2,1-4H3,(H,16,18). The number of amides is 1. The summed E-state index contributed by atoms with van der Waals surface area (Å²) in [4.78, 5) is 14.4. The maximum atomic E-state index is 12.2. The van der Waals surface area contributed by atoms with E-state index in [1.54, 1.807) is 0 Å². The van der Waals surface area contributed by atoms with Crippen molar-refractivity contribution in [2.24, 2.45) is 5.73 Å². The molecule has 3 unspecified atom stereocenters. The summed E-state index contributed by atoms with van der Waals surface area (Å²) in [7, 11) is 0. The smallest absolute Gasteiger partial charge is 0.237 e. The number of nitrogens with one attached hydrogen (secondary N) is 1. The highest BCUT2D eigenvalue weighted by molar-refractivity contribution is 5.81. The minimum Gasteiger partial charge on any atom is -0.371 e. The second-order valence-electron chi connectivity index (χ2n) is 5.46. The van der Waals surface area contributed by atoms with Gasteiger partial charge in [-0.2, -0.15) is 0 Å². The fourth-order valence-corrected chi connectivity index (χ4v) is 2.51. The highest BCUT2D eigenvalue weighted by Gasteiger charge is 2.30. The Morgan fingerprint density at radius 3 is 2.58 bits per heavy atom. The van der Waals surface area contributed by atoms with Gasteiger partial charge in [0.15, 0.2) is 0 Å². The minimum atomic E-state index is -0.124. The molecule has 0 saturated carbocycles. The first-order chi connectivity index (χ1) is 9.01. The molecule has 1 saturated heterocycles. The average molecular weight is 271 g/mol. The fourth-order valence-electron chi connectivity index (χ4n) is 2.51. The third-order valence-corrected chi connectivity index (χ3v) is 3.88. The number of ether oxygens (including phenoxy) is 1. The monoisotopic (exact) mass is 271 g/mol. The Labute approximate surface area is 116 Å². The highest BCUT2D eigenvalue weighted by Crippen LogP contribution is 2.13. The molecule has 0 aromatic heterocycles. The fraction of sp³-hybridized carbons (Fsp3) is 0.929. The van der Waals surface area contributed by atoms with Crippen molar-refractivity contribution in [3.63, 3.8) is 0 Å². The minimum absolute atomic E-state index is 0.0344. The zero-order valence-corrected chi connectivity index (χ0v) is 12.7. The second-order valence-corrected chi connectivity index (χ2v) is 5.46. The van der Waals surface area contributed by atoms with Gasteiger partial charge in [-0.25, -0.2) is 0 Å². The van der Waals surface area contributed by atoms with Crippen LogP contribution in [0.2, 0.25) is 0 Å². The molecular weight excluding hydrogens is 242 g/mol. The van der Waals surface area contributed by atoms with Crippen molar-refractivity contribution < 1.29 is 9.53 Å². The summed E-state index contributed by atoms with van der Waals surface area (Å²) in [6.07, 6.45) is 2.11. The van der Waals surface area contributed by atoms with Gasteiger partial charge in [0.2, 0.25) is 5.91 Å². The Kier molecular flexibility index (Phi) is 6.75. The van der Waals surface area contributed by atoms with E-state index in [1.165, 1.54) is 0 Å². The first-order valence-electron chi connectivity index (χ1n) is 7.41. The molecule has 1 aliphatic rings. The SMILES string of the molecule is CCC(CC)NC(=O)C(C)N1CC(C)OC(CN)C1. The zero-order chi connectivity index (χ0) is 14.4.